The highest BCUT2D eigenvalue weighted by Crippen LogP contribution is 2.29. The Hall–Kier alpha value is -3.70. The fourth-order valence-corrected chi connectivity index (χ4v) is 3.14. The van der Waals surface area contributed by atoms with Crippen LogP contribution in [0, 0.1) is 18.3 Å². The van der Waals surface area contributed by atoms with E-state index in [4.69, 9.17) is 9.72 Å². The van der Waals surface area contributed by atoms with E-state index >= 15 is 0 Å². The third-order valence-corrected chi connectivity index (χ3v) is 4.73. The van der Waals surface area contributed by atoms with Gasteiger partial charge in [0.15, 0.2) is 11.5 Å². The normalized spacial score (nSPS) is 12.5. The molecule has 0 saturated heterocycles. The van der Waals surface area contributed by atoms with Crippen molar-refractivity contribution in [2.24, 2.45) is 7.05 Å². The number of hydrogen-bond acceptors (Lipinski definition) is 6. The molecule has 30 heavy (non-hydrogen) atoms. The molecule has 3 aromatic heterocycles. The molecule has 0 saturated carbocycles. The molecule has 8 heteroatoms. The van der Waals surface area contributed by atoms with Gasteiger partial charge >= 0.3 is 0 Å². The second kappa shape index (κ2) is 8.35. The van der Waals surface area contributed by atoms with E-state index in [0.29, 0.717) is 22.8 Å². The van der Waals surface area contributed by atoms with Crippen LogP contribution in [-0.2, 0) is 11.8 Å². The number of hydrogen-bond donors (Lipinski definition) is 1. The van der Waals surface area contributed by atoms with Gasteiger partial charge in [0.2, 0.25) is 0 Å². The number of aromatic nitrogens is 5. The Labute approximate surface area is 175 Å². The van der Waals surface area contributed by atoms with Crippen LogP contribution in [0.5, 0.6) is 0 Å². The van der Waals surface area contributed by atoms with Gasteiger partial charge in [-0.3, -0.25) is 4.68 Å². The van der Waals surface area contributed by atoms with E-state index in [1.54, 1.807) is 35.7 Å². The molecule has 0 spiro atoms. The average Bonchev–Trinajstić information content (AvgIpc) is 3.27. The smallest absolute Gasteiger partial charge is 0.163 e. The molecule has 0 radical (unpaired) electrons. The number of nitriles is 1. The summed E-state index contributed by atoms with van der Waals surface area (Å²) in [5.74, 6) is 1.11. The van der Waals surface area contributed by atoms with Crippen LogP contribution in [0.4, 0.5) is 0 Å². The van der Waals surface area contributed by atoms with Gasteiger partial charge in [-0.2, -0.15) is 15.5 Å². The van der Waals surface area contributed by atoms with Gasteiger partial charge in [0.05, 0.1) is 30.8 Å². The Morgan fingerprint density at radius 1 is 1.40 bits per heavy atom. The summed E-state index contributed by atoms with van der Waals surface area (Å²) in [6, 6.07) is 7.36. The van der Waals surface area contributed by atoms with Crippen LogP contribution in [0.15, 0.2) is 42.3 Å². The second-order valence-corrected chi connectivity index (χ2v) is 7.04. The van der Waals surface area contributed by atoms with Crippen molar-refractivity contribution in [2.45, 2.75) is 26.9 Å². The summed E-state index contributed by atoms with van der Waals surface area (Å²) in [6.07, 6.45) is 2.83. The van der Waals surface area contributed by atoms with Crippen molar-refractivity contribution in [3.05, 3.63) is 65.0 Å². The maximum atomic E-state index is 10.3. The van der Waals surface area contributed by atoms with E-state index < -0.39 is 6.10 Å². The van der Waals surface area contributed by atoms with E-state index in [1.165, 1.54) is 0 Å². The summed E-state index contributed by atoms with van der Waals surface area (Å²) >= 11 is 0. The lowest BCUT2D eigenvalue weighted by atomic mass is 10.1. The largest absolute Gasteiger partial charge is 0.496 e. The molecule has 8 nitrogen and oxygen atoms in total. The van der Waals surface area contributed by atoms with Crippen molar-refractivity contribution < 1.29 is 9.84 Å². The minimum absolute atomic E-state index is 0.285. The topological polar surface area (TPSA) is 102 Å². The van der Waals surface area contributed by atoms with Crippen molar-refractivity contribution in [2.75, 3.05) is 7.11 Å². The lowest BCUT2D eigenvalue weighted by Gasteiger charge is -2.14. The Morgan fingerprint density at radius 3 is 2.70 bits per heavy atom. The molecule has 0 aromatic carbocycles. The standard InChI is InChI=1S/C22H24N6O2/c1-13(2)21(30-6)10-20-18(12-24-27(20)5)19-8-7-17(15(4)29)22(25-19)28-14(3)9-16(11-23)26-28/h7-10,12,15,29H,1H2,2-6H3/b21-10+. The Balaban J connectivity index is 2.22. The number of allylic oxidation sites excluding steroid dienone is 1. The predicted molar refractivity (Wildman–Crippen MR) is 113 cm³/mol. The summed E-state index contributed by atoms with van der Waals surface area (Å²) in [5, 5.41) is 28.1. The van der Waals surface area contributed by atoms with Crippen LogP contribution in [-0.4, -0.2) is 36.8 Å². The quantitative estimate of drug-likeness (QED) is 0.499. The van der Waals surface area contributed by atoms with Crippen LogP contribution in [0.3, 0.4) is 0 Å². The van der Waals surface area contributed by atoms with E-state index in [0.717, 1.165) is 22.5 Å². The average molecular weight is 404 g/mol. The summed E-state index contributed by atoms with van der Waals surface area (Å²) in [5.41, 5.74) is 4.67. The van der Waals surface area contributed by atoms with E-state index in [2.05, 4.69) is 16.8 Å². The van der Waals surface area contributed by atoms with Gasteiger partial charge in [0.1, 0.15) is 11.8 Å². The molecule has 0 fully saturated rings. The second-order valence-electron chi connectivity index (χ2n) is 7.04. The van der Waals surface area contributed by atoms with Crippen molar-refractivity contribution >= 4 is 6.08 Å². The van der Waals surface area contributed by atoms with Gasteiger partial charge in [-0.05, 0) is 38.5 Å². The number of methoxy groups -OCH3 is 1. The third-order valence-electron chi connectivity index (χ3n) is 4.73. The summed E-state index contributed by atoms with van der Waals surface area (Å²) in [4.78, 5) is 4.78. The molecule has 1 unspecified atom stereocenters. The Bertz CT molecular complexity index is 1180. The van der Waals surface area contributed by atoms with E-state index in [1.807, 2.05) is 45.2 Å². The molecular formula is C22H24N6O2. The zero-order valence-corrected chi connectivity index (χ0v) is 17.7. The molecular weight excluding hydrogens is 380 g/mol. The molecule has 0 aliphatic rings. The number of ether oxygens (including phenoxy) is 1. The zero-order valence-electron chi connectivity index (χ0n) is 17.7. The van der Waals surface area contributed by atoms with Crippen LogP contribution in [0.1, 0.15) is 42.6 Å². The van der Waals surface area contributed by atoms with Crippen LogP contribution in [0.25, 0.3) is 23.2 Å². The lowest BCUT2D eigenvalue weighted by Crippen LogP contribution is -2.09. The molecule has 1 N–H and O–H groups in total. The molecule has 0 aliphatic heterocycles. The van der Waals surface area contributed by atoms with Gasteiger partial charge in [0, 0.05) is 29.9 Å². The Kier molecular flexibility index (Phi) is 5.85. The van der Waals surface area contributed by atoms with Gasteiger partial charge < -0.3 is 9.84 Å². The maximum Gasteiger partial charge on any atom is 0.163 e. The lowest BCUT2D eigenvalue weighted by molar-refractivity contribution is 0.198. The third kappa shape index (κ3) is 3.88. The molecule has 0 aliphatic carbocycles. The maximum absolute atomic E-state index is 10.3. The molecule has 0 bridgehead atoms. The number of rotatable bonds is 6. The fourth-order valence-electron chi connectivity index (χ4n) is 3.14. The highest BCUT2D eigenvalue weighted by atomic mass is 16.5. The number of aliphatic hydroxyl groups excluding tert-OH is 1. The molecule has 0 amide bonds. The monoisotopic (exact) mass is 404 g/mol. The summed E-state index contributed by atoms with van der Waals surface area (Å²) < 4.78 is 8.73. The van der Waals surface area contributed by atoms with Crippen LogP contribution in [0.2, 0.25) is 0 Å². The Morgan fingerprint density at radius 2 is 2.13 bits per heavy atom. The highest BCUT2D eigenvalue weighted by molar-refractivity contribution is 5.72. The summed E-state index contributed by atoms with van der Waals surface area (Å²) in [7, 11) is 3.43. The van der Waals surface area contributed by atoms with Gasteiger partial charge in [0.25, 0.3) is 0 Å². The van der Waals surface area contributed by atoms with Crippen molar-refractivity contribution in [1.29, 1.82) is 5.26 Å². The van der Waals surface area contributed by atoms with Crippen LogP contribution >= 0.6 is 0 Å². The highest BCUT2D eigenvalue weighted by Gasteiger charge is 2.19. The molecule has 3 heterocycles. The predicted octanol–water partition coefficient (Wildman–Crippen LogP) is 3.46. The van der Waals surface area contributed by atoms with Gasteiger partial charge in [-0.15, -0.1) is 0 Å². The van der Waals surface area contributed by atoms with E-state index in [9.17, 15) is 10.4 Å². The number of pyridine rings is 1. The van der Waals surface area contributed by atoms with Crippen molar-refractivity contribution in [1.82, 2.24) is 24.5 Å². The van der Waals surface area contributed by atoms with E-state index in [-0.39, 0.29) is 5.69 Å². The molecule has 3 rings (SSSR count). The van der Waals surface area contributed by atoms with Crippen molar-refractivity contribution in [3.63, 3.8) is 0 Å². The van der Waals surface area contributed by atoms with Gasteiger partial charge in [-0.25, -0.2) is 9.67 Å². The zero-order chi connectivity index (χ0) is 22.0. The molecule has 3 aromatic rings. The van der Waals surface area contributed by atoms with Crippen molar-refractivity contribution in [3.8, 4) is 23.1 Å². The van der Waals surface area contributed by atoms with Gasteiger partial charge in [-0.1, -0.05) is 12.6 Å². The number of nitrogens with zero attached hydrogens (tertiary/aromatic N) is 6. The molecule has 1 atom stereocenters. The van der Waals surface area contributed by atoms with Crippen LogP contribution < -0.4 is 0 Å². The number of aliphatic hydroxyl groups is 1. The summed E-state index contributed by atoms with van der Waals surface area (Å²) in [6.45, 7) is 9.31. The minimum atomic E-state index is -0.757. The fraction of sp³-hybridized carbons (Fsp3) is 0.273. The number of aryl methyl sites for hydroxylation is 2. The minimum Gasteiger partial charge on any atom is -0.496 e. The SMILES string of the molecule is C=C(C)/C(=C\c1c(-c2ccc(C(C)O)c(-n3nc(C#N)cc3C)n2)cnn1C)OC. The first-order chi connectivity index (χ1) is 14.3. The first-order valence-corrected chi connectivity index (χ1v) is 9.36. The molecule has 154 valence electrons. The first-order valence-electron chi connectivity index (χ1n) is 9.36. The first kappa shape index (κ1) is 21.0.